The lowest BCUT2D eigenvalue weighted by molar-refractivity contribution is 0.00443. The van der Waals surface area contributed by atoms with Crippen LogP contribution in [0, 0.1) is 12.3 Å². The van der Waals surface area contributed by atoms with Crippen molar-refractivity contribution >= 4 is 5.91 Å². The zero-order chi connectivity index (χ0) is 17.0. The molecule has 0 atom stereocenters. The Kier molecular flexibility index (Phi) is 5.00. The van der Waals surface area contributed by atoms with Crippen molar-refractivity contribution in [2.45, 2.75) is 33.2 Å². The fraction of sp³-hybridized carbons (Fsp3) is 0.474. The van der Waals surface area contributed by atoms with Gasteiger partial charge in [-0.1, -0.05) is 37.3 Å². The molecule has 1 N–H and O–H groups in total. The van der Waals surface area contributed by atoms with Crippen LogP contribution in [0.2, 0.25) is 0 Å². The third kappa shape index (κ3) is 4.03. The van der Waals surface area contributed by atoms with Crippen molar-refractivity contribution in [1.29, 1.82) is 0 Å². The molecule has 0 unspecified atom stereocenters. The van der Waals surface area contributed by atoms with E-state index in [0.717, 1.165) is 43.9 Å². The molecule has 0 bridgehead atoms. The summed E-state index contributed by atoms with van der Waals surface area (Å²) in [7, 11) is 0. The standard InChI is InChI=1S/C19H25N3O2/c1-15-12-17(21-20-15)18(23)22(13-16-6-4-3-5-7-16)14-19(2)8-10-24-11-9-19/h3-7,12H,8-11,13-14H2,1-2H3,(H,20,21). The van der Waals surface area contributed by atoms with Gasteiger partial charge in [-0.3, -0.25) is 9.89 Å². The van der Waals surface area contributed by atoms with E-state index >= 15 is 0 Å². The zero-order valence-electron chi connectivity index (χ0n) is 14.4. The van der Waals surface area contributed by atoms with Crippen LogP contribution in [-0.4, -0.2) is 40.8 Å². The fourth-order valence-corrected chi connectivity index (χ4v) is 3.18. The minimum Gasteiger partial charge on any atom is -0.381 e. The van der Waals surface area contributed by atoms with E-state index in [1.165, 1.54) is 0 Å². The first kappa shape index (κ1) is 16.7. The van der Waals surface area contributed by atoms with Crippen LogP contribution in [0.1, 0.15) is 41.5 Å². The largest absolute Gasteiger partial charge is 0.381 e. The van der Waals surface area contributed by atoms with E-state index in [1.807, 2.05) is 36.1 Å². The van der Waals surface area contributed by atoms with Gasteiger partial charge >= 0.3 is 0 Å². The number of aryl methyl sites for hydroxylation is 1. The van der Waals surface area contributed by atoms with Gasteiger partial charge < -0.3 is 9.64 Å². The van der Waals surface area contributed by atoms with Crippen LogP contribution < -0.4 is 0 Å². The molecule has 2 aromatic rings. The molecule has 1 aromatic heterocycles. The van der Waals surface area contributed by atoms with Gasteiger partial charge in [0.2, 0.25) is 0 Å². The third-order valence-electron chi connectivity index (χ3n) is 4.70. The normalized spacial score (nSPS) is 16.8. The lowest BCUT2D eigenvalue weighted by atomic mass is 9.81. The molecule has 5 heteroatoms. The Morgan fingerprint density at radius 1 is 1.29 bits per heavy atom. The number of H-pyrrole nitrogens is 1. The predicted octanol–water partition coefficient (Wildman–Crippen LogP) is 3.18. The van der Waals surface area contributed by atoms with Gasteiger partial charge in [0.15, 0.2) is 0 Å². The van der Waals surface area contributed by atoms with Crippen LogP contribution in [0.25, 0.3) is 0 Å². The molecule has 2 heterocycles. The molecule has 1 aliphatic rings. The zero-order valence-corrected chi connectivity index (χ0v) is 14.4. The lowest BCUT2D eigenvalue weighted by Gasteiger charge is -2.38. The number of hydrogen-bond donors (Lipinski definition) is 1. The Labute approximate surface area is 143 Å². The highest BCUT2D eigenvalue weighted by atomic mass is 16.5. The summed E-state index contributed by atoms with van der Waals surface area (Å²) < 4.78 is 5.49. The molecule has 0 spiro atoms. The topological polar surface area (TPSA) is 58.2 Å². The second kappa shape index (κ2) is 7.18. The number of rotatable bonds is 5. The molecular weight excluding hydrogens is 302 g/mol. The predicted molar refractivity (Wildman–Crippen MR) is 92.7 cm³/mol. The molecule has 1 aromatic carbocycles. The van der Waals surface area contributed by atoms with Crippen molar-refractivity contribution in [2.24, 2.45) is 5.41 Å². The van der Waals surface area contributed by atoms with Crippen molar-refractivity contribution in [1.82, 2.24) is 15.1 Å². The highest BCUT2D eigenvalue weighted by molar-refractivity contribution is 5.92. The van der Waals surface area contributed by atoms with E-state index in [9.17, 15) is 4.79 Å². The molecular formula is C19H25N3O2. The maximum absolute atomic E-state index is 13.0. The van der Waals surface area contributed by atoms with E-state index in [2.05, 4.69) is 29.3 Å². The molecule has 5 nitrogen and oxygen atoms in total. The summed E-state index contributed by atoms with van der Waals surface area (Å²) in [4.78, 5) is 14.9. The number of aromatic amines is 1. The van der Waals surface area contributed by atoms with Gasteiger partial charge in [-0.2, -0.15) is 5.10 Å². The summed E-state index contributed by atoms with van der Waals surface area (Å²) in [6, 6.07) is 11.9. The highest BCUT2D eigenvalue weighted by Gasteiger charge is 2.32. The highest BCUT2D eigenvalue weighted by Crippen LogP contribution is 2.31. The van der Waals surface area contributed by atoms with Crippen LogP contribution in [-0.2, 0) is 11.3 Å². The number of carbonyl (C=O) groups is 1. The average Bonchev–Trinajstić information content (AvgIpc) is 3.01. The van der Waals surface area contributed by atoms with E-state index in [1.54, 1.807) is 0 Å². The summed E-state index contributed by atoms with van der Waals surface area (Å²) in [6.45, 7) is 7.01. The summed E-state index contributed by atoms with van der Waals surface area (Å²) in [5.74, 6) is -0.0177. The smallest absolute Gasteiger partial charge is 0.274 e. The number of benzene rings is 1. The van der Waals surface area contributed by atoms with E-state index < -0.39 is 0 Å². The number of carbonyl (C=O) groups excluding carboxylic acids is 1. The van der Waals surface area contributed by atoms with Gasteiger partial charge in [0, 0.05) is 32.0 Å². The van der Waals surface area contributed by atoms with E-state index in [0.29, 0.717) is 12.2 Å². The number of hydrogen-bond acceptors (Lipinski definition) is 3. The molecule has 0 radical (unpaired) electrons. The number of nitrogens with one attached hydrogen (secondary N) is 1. The van der Waals surface area contributed by atoms with Gasteiger partial charge in [0.25, 0.3) is 5.91 Å². The van der Waals surface area contributed by atoms with Gasteiger partial charge in [0.1, 0.15) is 5.69 Å². The molecule has 24 heavy (non-hydrogen) atoms. The molecule has 3 rings (SSSR count). The molecule has 1 amide bonds. The van der Waals surface area contributed by atoms with Crippen molar-refractivity contribution in [3.8, 4) is 0 Å². The Balaban J connectivity index is 1.81. The first-order chi connectivity index (χ1) is 11.6. The van der Waals surface area contributed by atoms with Crippen LogP contribution in [0.5, 0.6) is 0 Å². The van der Waals surface area contributed by atoms with Crippen LogP contribution in [0.3, 0.4) is 0 Å². The molecule has 1 saturated heterocycles. The molecule has 1 aliphatic heterocycles. The second-order valence-corrected chi connectivity index (χ2v) is 7.01. The molecule has 0 aliphatic carbocycles. The second-order valence-electron chi connectivity index (χ2n) is 7.01. The first-order valence-electron chi connectivity index (χ1n) is 8.49. The quantitative estimate of drug-likeness (QED) is 0.917. The number of nitrogens with zero attached hydrogens (tertiary/aromatic N) is 2. The number of amides is 1. The van der Waals surface area contributed by atoms with Gasteiger partial charge in [-0.25, -0.2) is 0 Å². The Morgan fingerprint density at radius 3 is 2.62 bits per heavy atom. The summed E-state index contributed by atoms with van der Waals surface area (Å²) in [5, 5.41) is 7.02. The Morgan fingerprint density at radius 2 is 2.00 bits per heavy atom. The van der Waals surface area contributed by atoms with Crippen molar-refractivity contribution in [3.63, 3.8) is 0 Å². The summed E-state index contributed by atoms with van der Waals surface area (Å²) in [6.07, 6.45) is 1.95. The van der Waals surface area contributed by atoms with Crippen LogP contribution in [0.15, 0.2) is 36.4 Å². The maximum atomic E-state index is 13.0. The minimum atomic E-state index is -0.0177. The summed E-state index contributed by atoms with van der Waals surface area (Å²) >= 11 is 0. The third-order valence-corrected chi connectivity index (χ3v) is 4.70. The molecule has 128 valence electrons. The number of ether oxygens (including phenoxy) is 1. The minimum absolute atomic E-state index is 0.0177. The average molecular weight is 327 g/mol. The van der Waals surface area contributed by atoms with E-state index in [-0.39, 0.29) is 11.3 Å². The number of aromatic nitrogens is 2. The Hall–Kier alpha value is -2.14. The van der Waals surface area contributed by atoms with Gasteiger partial charge in [-0.05, 0) is 36.8 Å². The van der Waals surface area contributed by atoms with E-state index in [4.69, 9.17) is 4.74 Å². The maximum Gasteiger partial charge on any atom is 0.274 e. The van der Waals surface area contributed by atoms with Crippen LogP contribution >= 0.6 is 0 Å². The fourth-order valence-electron chi connectivity index (χ4n) is 3.18. The van der Waals surface area contributed by atoms with Gasteiger partial charge in [0.05, 0.1) is 0 Å². The van der Waals surface area contributed by atoms with Gasteiger partial charge in [-0.15, -0.1) is 0 Å². The monoisotopic (exact) mass is 327 g/mol. The molecule has 0 saturated carbocycles. The molecule has 1 fully saturated rings. The Bertz CT molecular complexity index is 675. The summed E-state index contributed by atoms with van der Waals surface area (Å²) in [5.41, 5.74) is 2.61. The van der Waals surface area contributed by atoms with Crippen LogP contribution in [0.4, 0.5) is 0 Å². The SMILES string of the molecule is Cc1cc(C(=O)N(Cc2ccccc2)CC2(C)CCOCC2)n[nH]1. The van der Waals surface area contributed by atoms with Crippen molar-refractivity contribution in [3.05, 3.63) is 53.3 Å². The van der Waals surface area contributed by atoms with Crippen molar-refractivity contribution in [2.75, 3.05) is 19.8 Å². The first-order valence-corrected chi connectivity index (χ1v) is 8.49. The van der Waals surface area contributed by atoms with Crippen molar-refractivity contribution < 1.29 is 9.53 Å². The lowest BCUT2D eigenvalue weighted by Crippen LogP contribution is -2.42.